The lowest BCUT2D eigenvalue weighted by Crippen LogP contribution is -2.40. The first-order valence-corrected chi connectivity index (χ1v) is 8.21. The zero-order valence-electron chi connectivity index (χ0n) is 12.7. The van der Waals surface area contributed by atoms with E-state index in [1.807, 2.05) is 17.0 Å². The van der Waals surface area contributed by atoms with E-state index in [1.54, 1.807) is 13.2 Å². The lowest BCUT2D eigenvalue weighted by molar-refractivity contribution is -0.118. The molecule has 1 aromatic carbocycles. The Balaban J connectivity index is 2.07. The molecule has 0 bridgehead atoms. The average Bonchev–Trinajstić information content (AvgIpc) is 2.53. The minimum Gasteiger partial charge on any atom is -0.497 e. The normalized spacial score (nSPS) is 18.1. The van der Waals surface area contributed by atoms with Crippen LogP contribution in [-0.2, 0) is 4.79 Å². The molecule has 0 aliphatic carbocycles. The van der Waals surface area contributed by atoms with Crippen LogP contribution in [0.4, 0.5) is 0 Å². The van der Waals surface area contributed by atoms with Crippen LogP contribution in [0.2, 0.25) is 0 Å². The van der Waals surface area contributed by atoms with Crippen LogP contribution < -0.4 is 10.5 Å². The van der Waals surface area contributed by atoms with E-state index in [-0.39, 0.29) is 11.8 Å². The lowest BCUT2D eigenvalue weighted by atomic mass is 9.93. The SMILES string of the molecule is COc1ccc(Br)c(C(=O)N2CCCC(CCC(N)=O)C2)c1. The van der Waals surface area contributed by atoms with Crippen molar-refractivity contribution >= 4 is 27.7 Å². The van der Waals surface area contributed by atoms with Gasteiger partial charge >= 0.3 is 0 Å². The Morgan fingerprint density at radius 1 is 1.45 bits per heavy atom. The number of nitrogens with two attached hydrogens (primary N) is 1. The third kappa shape index (κ3) is 4.22. The molecule has 120 valence electrons. The predicted molar refractivity (Wildman–Crippen MR) is 87.7 cm³/mol. The van der Waals surface area contributed by atoms with E-state index < -0.39 is 0 Å². The molecule has 0 aromatic heterocycles. The fourth-order valence-electron chi connectivity index (χ4n) is 2.80. The summed E-state index contributed by atoms with van der Waals surface area (Å²) in [7, 11) is 1.58. The maximum Gasteiger partial charge on any atom is 0.255 e. The standard InChI is InChI=1S/C16H21BrN2O3/c1-22-12-5-6-14(17)13(9-12)16(21)19-8-2-3-11(10-19)4-7-15(18)20/h5-6,9,11H,2-4,7-8,10H2,1H3,(H2,18,20). The van der Waals surface area contributed by atoms with Gasteiger partial charge in [0.05, 0.1) is 12.7 Å². The molecule has 22 heavy (non-hydrogen) atoms. The summed E-state index contributed by atoms with van der Waals surface area (Å²) in [5.41, 5.74) is 5.81. The summed E-state index contributed by atoms with van der Waals surface area (Å²) in [6, 6.07) is 5.38. The number of carbonyl (C=O) groups excluding carboxylic acids is 2. The number of benzene rings is 1. The molecular formula is C16H21BrN2O3. The number of rotatable bonds is 5. The summed E-state index contributed by atoms with van der Waals surface area (Å²) < 4.78 is 5.95. The van der Waals surface area contributed by atoms with Crippen LogP contribution in [0.3, 0.4) is 0 Å². The summed E-state index contributed by atoms with van der Waals surface area (Å²) in [5, 5.41) is 0. The number of amides is 2. The molecular weight excluding hydrogens is 348 g/mol. The van der Waals surface area contributed by atoms with E-state index in [4.69, 9.17) is 10.5 Å². The summed E-state index contributed by atoms with van der Waals surface area (Å²) in [6.45, 7) is 1.42. The van der Waals surface area contributed by atoms with Crippen molar-refractivity contribution in [2.24, 2.45) is 11.7 Å². The van der Waals surface area contributed by atoms with Crippen LogP contribution in [0.1, 0.15) is 36.0 Å². The number of halogens is 1. The molecule has 1 atom stereocenters. The molecule has 1 saturated heterocycles. The second-order valence-electron chi connectivity index (χ2n) is 5.61. The number of ether oxygens (including phenoxy) is 1. The molecule has 2 N–H and O–H groups in total. The van der Waals surface area contributed by atoms with E-state index in [1.165, 1.54) is 0 Å². The molecule has 1 unspecified atom stereocenters. The molecule has 1 aromatic rings. The van der Waals surface area contributed by atoms with Crippen LogP contribution in [0.15, 0.2) is 22.7 Å². The second kappa shape index (κ2) is 7.63. The molecule has 0 saturated carbocycles. The monoisotopic (exact) mass is 368 g/mol. The highest BCUT2D eigenvalue weighted by atomic mass is 79.9. The molecule has 1 aliphatic heterocycles. The average molecular weight is 369 g/mol. The molecule has 5 nitrogen and oxygen atoms in total. The van der Waals surface area contributed by atoms with Crippen LogP contribution in [0, 0.1) is 5.92 Å². The van der Waals surface area contributed by atoms with E-state index in [9.17, 15) is 9.59 Å². The molecule has 0 radical (unpaired) electrons. The van der Waals surface area contributed by atoms with Crippen molar-refractivity contribution in [3.8, 4) is 5.75 Å². The number of likely N-dealkylation sites (tertiary alicyclic amines) is 1. The predicted octanol–water partition coefficient (Wildman–Crippen LogP) is 2.58. The first kappa shape index (κ1) is 16.8. The van der Waals surface area contributed by atoms with Gasteiger partial charge < -0.3 is 15.4 Å². The van der Waals surface area contributed by atoms with Gasteiger partial charge in [-0.15, -0.1) is 0 Å². The van der Waals surface area contributed by atoms with Crippen molar-refractivity contribution in [3.63, 3.8) is 0 Å². The van der Waals surface area contributed by atoms with Gasteiger partial charge in [-0.05, 0) is 59.3 Å². The van der Waals surface area contributed by atoms with Gasteiger partial charge in [0.15, 0.2) is 0 Å². The fraction of sp³-hybridized carbons (Fsp3) is 0.500. The van der Waals surface area contributed by atoms with E-state index >= 15 is 0 Å². The lowest BCUT2D eigenvalue weighted by Gasteiger charge is -2.33. The minimum atomic E-state index is -0.279. The quantitative estimate of drug-likeness (QED) is 0.867. The van der Waals surface area contributed by atoms with E-state index in [0.29, 0.717) is 30.2 Å². The third-order valence-corrected chi connectivity index (χ3v) is 4.70. The molecule has 0 spiro atoms. The van der Waals surface area contributed by atoms with Crippen molar-refractivity contribution in [1.82, 2.24) is 4.90 Å². The van der Waals surface area contributed by atoms with Gasteiger partial charge in [0.2, 0.25) is 5.91 Å². The van der Waals surface area contributed by atoms with Gasteiger partial charge in [-0.2, -0.15) is 0 Å². The molecule has 1 aliphatic rings. The Morgan fingerprint density at radius 2 is 2.23 bits per heavy atom. The first-order valence-electron chi connectivity index (χ1n) is 7.42. The van der Waals surface area contributed by atoms with Crippen LogP contribution in [-0.4, -0.2) is 36.9 Å². The highest BCUT2D eigenvalue weighted by Crippen LogP contribution is 2.27. The zero-order valence-corrected chi connectivity index (χ0v) is 14.3. The number of methoxy groups -OCH3 is 1. The summed E-state index contributed by atoms with van der Waals surface area (Å²) in [4.78, 5) is 25.5. The number of carbonyl (C=O) groups is 2. The van der Waals surface area contributed by atoms with Gasteiger partial charge in [-0.3, -0.25) is 9.59 Å². The Hall–Kier alpha value is -1.56. The highest BCUT2D eigenvalue weighted by Gasteiger charge is 2.26. The van der Waals surface area contributed by atoms with Crippen molar-refractivity contribution in [2.75, 3.05) is 20.2 Å². The maximum absolute atomic E-state index is 12.7. The minimum absolute atomic E-state index is 0.00505. The van der Waals surface area contributed by atoms with Crippen LogP contribution >= 0.6 is 15.9 Å². The topological polar surface area (TPSA) is 72.6 Å². The number of hydrogen-bond acceptors (Lipinski definition) is 3. The smallest absolute Gasteiger partial charge is 0.255 e. The zero-order chi connectivity index (χ0) is 16.1. The van der Waals surface area contributed by atoms with Gasteiger partial charge in [0, 0.05) is 24.0 Å². The Bertz CT molecular complexity index is 562. The summed E-state index contributed by atoms with van der Waals surface area (Å²) >= 11 is 3.43. The van der Waals surface area contributed by atoms with Gasteiger partial charge in [0.25, 0.3) is 5.91 Å². The number of piperidine rings is 1. The Labute approximate surface area is 138 Å². The van der Waals surface area contributed by atoms with Gasteiger partial charge in [0.1, 0.15) is 5.75 Å². The molecule has 1 fully saturated rings. The van der Waals surface area contributed by atoms with Crippen molar-refractivity contribution in [1.29, 1.82) is 0 Å². The number of primary amides is 1. The van der Waals surface area contributed by atoms with Crippen LogP contribution in [0.5, 0.6) is 5.75 Å². The fourth-order valence-corrected chi connectivity index (χ4v) is 3.21. The van der Waals surface area contributed by atoms with Crippen molar-refractivity contribution < 1.29 is 14.3 Å². The third-order valence-electron chi connectivity index (χ3n) is 4.01. The van der Waals surface area contributed by atoms with E-state index in [2.05, 4.69) is 15.9 Å². The Morgan fingerprint density at radius 3 is 2.91 bits per heavy atom. The molecule has 6 heteroatoms. The largest absolute Gasteiger partial charge is 0.497 e. The van der Waals surface area contributed by atoms with Gasteiger partial charge in [-0.1, -0.05) is 0 Å². The highest BCUT2D eigenvalue weighted by molar-refractivity contribution is 9.10. The maximum atomic E-state index is 12.7. The molecule has 2 rings (SSSR count). The summed E-state index contributed by atoms with van der Waals surface area (Å²) in [5.74, 6) is 0.719. The Kier molecular flexibility index (Phi) is 5.83. The molecule has 2 amide bonds. The van der Waals surface area contributed by atoms with E-state index in [0.717, 1.165) is 30.3 Å². The van der Waals surface area contributed by atoms with Gasteiger partial charge in [-0.25, -0.2) is 0 Å². The van der Waals surface area contributed by atoms with Crippen molar-refractivity contribution in [2.45, 2.75) is 25.7 Å². The van der Waals surface area contributed by atoms with Crippen LogP contribution in [0.25, 0.3) is 0 Å². The number of nitrogens with zero attached hydrogens (tertiary/aromatic N) is 1. The van der Waals surface area contributed by atoms with Crippen molar-refractivity contribution in [3.05, 3.63) is 28.2 Å². The first-order chi connectivity index (χ1) is 10.5. The second-order valence-corrected chi connectivity index (χ2v) is 6.46. The summed E-state index contributed by atoms with van der Waals surface area (Å²) in [6.07, 6.45) is 3.13. The molecule has 1 heterocycles. The number of hydrogen-bond donors (Lipinski definition) is 1.